The second-order valence-electron chi connectivity index (χ2n) is 3.72. The van der Waals surface area contributed by atoms with Crippen molar-refractivity contribution in [2.75, 3.05) is 6.61 Å². The number of carbonyl (C=O) groups is 1. The predicted octanol–water partition coefficient (Wildman–Crippen LogP) is 3.22. The van der Waals surface area contributed by atoms with Crippen molar-refractivity contribution < 1.29 is 27.4 Å². The molecule has 108 valence electrons. The van der Waals surface area contributed by atoms with Crippen LogP contribution in [0.5, 0.6) is 5.75 Å². The highest BCUT2D eigenvalue weighted by molar-refractivity contribution is 5.94. The van der Waals surface area contributed by atoms with E-state index < -0.39 is 18.1 Å². The molecule has 0 aromatic heterocycles. The lowest BCUT2D eigenvalue weighted by molar-refractivity contribution is -0.274. The number of halogens is 3. The van der Waals surface area contributed by atoms with Crippen LogP contribution in [0.2, 0.25) is 0 Å². The van der Waals surface area contributed by atoms with E-state index >= 15 is 0 Å². The van der Waals surface area contributed by atoms with Gasteiger partial charge in [-0.15, -0.1) is 13.2 Å². The van der Waals surface area contributed by atoms with Crippen molar-refractivity contribution in [2.24, 2.45) is 0 Å². The highest BCUT2D eigenvalue weighted by Gasteiger charge is 2.33. The number of ether oxygens (including phenoxy) is 2. The number of nitriles is 1. The number of esters is 1. The minimum atomic E-state index is -4.91. The van der Waals surface area contributed by atoms with Crippen LogP contribution >= 0.6 is 0 Å². The topological polar surface area (TPSA) is 59.3 Å². The number of alkyl halides is 3. The lowest BCUT2D eigenvalue weighted by atomic mass is 10.0. The van der Waals surface area contributed by atoms with Crippen LogP contribution < -0.4 is 4.74 Å². The number of benzene rings is 1. The van der Waals surface area contributed by atoms with E-state index in [1.165, 1.54) is 12.1 Å². The molecule has 0 N–H and O–H groups in total. The number of carbonyl (C=O) groups excluding carboxylic acids is 1. The molecule has 0 heterocycles. The highest BCUT2D eigenvalue weighted by Crippen LogP contribution is 2.29. The van der Waals surface area contributed by atoms with E-state index in [0.29, 0.717) is 0 Å². The molecule has 1 rings (SSSR count). The van der Waals surface area contributed by atoms with Crippen molar-refractivity contribution in [3.63, 3.8) is 0 Å². The minimum Gasteiger partial charge on any atom is -0.462 e. The largest absolute Gasteiger partial charge is 0.573 e. The highest BCUT2D eigenvalue weighted by atomic mass is 19.4. The summed E-state index contributed by atoms with van der Waals surface area (Å²) in [5.41, 5.74) is -0.00586. The molecule has 0 unspecified atom stereocenters. The number of aryl methyl sites for hydroxylation is 1. The molecule has 7 heteroatoms. The SMILES string of the molecule is CCOC(=O)c1c(CCC#N)cccc1OC(F)(F)F. The van der Waals surface area contributed by atoms with Gasteiger partial charge in [-0.1, -0.05) is 12.1 Å². The van der Waals surface area contributed by atoms with E-state index in [1.54, 1.807) is 6.92 Å². The quantitative estimate of drug-likeness (QED) is 0.780. The maximum atomic E-state index is 12.3. The standard InChI is InChI=1S/C13H12F3NO3/c1-2-19-12(18)11-9(6-4-8-17)5-3-7-10(11)20-13(14,15)16/h3,5,7H,2,4,6H2,1H3. The van der Waals surface area contributed by atoms with E-state index in [9.17, 15) is 18.0 Å². The van der Waals surface area contributed by atoms with Crippen LogP contribution in [0.25, 0.3) is 0 Å². The number of hydrogen-bond acceptors (Lipinski definition) is 4. The zero-order valence-corrected chi connectivity index (χ0v) is 10.7. The Balaban J connectivity index is 3.21. The molecule has 0 bridgehead atoms. The summed E-state index contributed by atoms with van der Waals surface area (Å²) in [5.74, 6) is -1.52. The van der Waals surface area contributed by atoms with Gasteiger partial charge in [0.15, 0.2) is 0 Å². The Labute approximate surface area is 113 Å². The average molecular weight is 287 g/mol. The fourth-order valence-corrected chi connectivity index (χ4v) is 1.62. The van der Waals surface area contributed by atoms with Gasteiger partial charge in [-0.2, -0.15) is 5.26 Å². The normalized spacial score (nSPS) is 10.8. The Kier molecular flexibility index (Phi) is 5.38. The van der Waals surface area contributed by atoms with Gasteiger partial charge in [0.2, 0.25) is 0 Å². The van der Waals surface area contributed by atoms with E-state index in [4.69, 9.17) is 10.00 Å². The molecule has 4 nitrogen and oxygen atoms in total. The third-order valence-electron chi connectivity index (χ3n) is 2.32. The smallest absolute Gasteiger partial charge is 0.462 e. The van der Waals surface area contributed by atoms with Crippen molar-refractivity contribution in [1.29, 1.82) is 5.26 Å². The van der Waals surface area contributed by atoms with Crippen LogP contribution in [0.15, 0.2) is 18.2 Å². The van der Waals surface area contributed by atoms with Gasteiger partial charge in [-0.3, -0.25) is 0 Å². The molecule has 0 aliphatic heterocycles. The van der Waals surface area contributed by atoms with Gasteiger partial charge in [0.1, 0.15) is 11.3 Å². The van der Waals surface area contributed by atoms with Crippen LogP contribution in [0.3, 0.4) is 0 Å². The molecule has 0 saturated carbocycles. The lowest BCUT2D eigenvalue weighted by Crippen LogP contribution is -2.20. The lowest BCUT2D eigenvalue weighted by Gasteiger charge is -2.15. The summed E-state index contributed by atoms with van der Waals surface area (Å²) in [6.07, 6.45) is -4.70. The summed E-state index contributed by atoms with van der Waals surface area (Å²) in [7, 11) is 0. The first-order chi connectivity index (χ1) is 9.39. The zero-order chi connectivity index (χ0) is 15.2. The van der Waals surface area contributed by atoms with Crippen molar-refractivity contribution in [2.45, 2.75) is 26.1 Å². The Hall–Kier alpha value is -2.23. The van der Waals surface area contributed by atoms with Crippen molar-refractivity contribution >= 4 is 5.97 Å². The fraction of sp³-hybridized carbons (Fsp3) is 0.385. The van der Waals surface area contributed by atoms with Crippen LogP contribution in [0.1, 0.15) is 29.3 Å². The summed E-state index contributed by atoms with van der Waals surface area (Å²) in [5, 5.41) is 8.54. The third kappa shape index (κ3) is 4.46. The number of rotatable bonds is 5. The predicted molar refractivity (Wildman–Crippen MR) is 63.0 cm³/mol. The van der Waals surface area contributed by atoms with Crippen molar-refractivity contribution in [1.82, 2.24) is 0 Å². The maximum absolute atomic E-state index is 12.3. The first-order valence-corrected chi connectivity index (χ1v) is 5.80. The van der Waals surface area contributed by atoms with E-state index in [2.05, 4.69) is 4.74 Å². The first kappa shape index (κ1) is 15.8. The molecule has 0 amide bonds. The molecule has 0 saturated heterocycles. The summed E-state index contributed by atoms with van der Waals surface area (Å²) in [6.45, 7) is 1.57. The Bertz CT molecular complexity index is 521. The molecule has 0 aliphatic carbocycles. The van der Waals surface area contributed by atoms with Crippen LogP contribution in [-0.2, 0) is 11.2 Å². The summed E-state index contributed by atoms with van der Waals surface area (Å²) in [4.78, 5) is 11.8. The molecule has 0 radical (unpaired) electrons. The number of hydrogen-bond donors (Lipinski definition) is 0. The summed E-state index contributed by atoms with van der Waals surface area (Å²) < 4.78 is 45.6. The average Bonchev–Trinajstić information content (AvgIpc) is 2.34. The molecule has 0 fully saturated rings. The molecular formula is C13H12F3NO3. The molecule has 0 spiro atoms. The maximum Gasteiger partial charge on any atom is 0.573 e. The van der Waals surface area contributed by atoms with Crippen LogP contribution in [0.4, 0.5) is 13.2 Å². The summed E-state index contributed by atoms with van der Waals surface area (Å²) >= 11 is 0. The third-order valence-corrected chi connectivity index (χ3v) is 2.32. The van der Waals surface area contributed by atoms with Crippen LogP contribution in [0, 0.1) is 11.3 Å². The monoisotopic (exact) mass is 287 g/mol. The van der Waals surface area contributed by atoms with Gasteiger partial charge in [0.05, 0.1) is 12.7 Å². The van der Waals surface area contributed by atoms with E-state index in [1.807, 2.05) is 6.07 Å². The summed E-state index contributed by atoms with van der Waals surface area (Å²) in [6, 6.07) is 5.70. The van der Waals surface area contributed by atoms with Crippen molar-refractivity contribution in [3.8, 4) is 11.8 Å². The van der Waals surface area contributed by atoms with Gasteiger partial charge in [0, 0.05) is 6.42 Å². The van der Waals surface area contributed by atoms with E-state index in [0.717, 1.165) is 6.07 Å². The van der Waals surface area contributed by atoms with Gasteiger partial charge < -0.3 is 9.47 Å². The molecule has 1 aromatic carbocycles. The minimum absolute atomic E-state index is 0.0247. The molecular weight excluding hydrogens is 275 g/mol. The van der Waals surface area contributed by atoms with Gasteiger partial charge >= 0.3 is 12.3 Å². The number of nitrogens with zero attached hydrogens (tertiary/aromatic N) is 1. The fourth-order valence-electron chi connectivity index (χ4n) is 1.62. The Morgan fingerprint density at radius 1 is 1.40 bits per heavy atom. The van der Waals surface area contributed by atoms with Crippen LogP contribution in [-0.4, -0.2) is 18.9 Å². The Morgan fingerprint density at radius 3 is 2.65 bits per heavy atom. The molecule has 0 atom stereocenters. The van der Waals surface area contributed by atoms with Gasteiger partial charge in [-0.05, 0) is 25.0 Å². The second-order valence-corrected chi connectivity index (χ2v) is 3.72. The van der Waals surface area contributed by atoms with Gasteiger partial charge in [0.25, 0.3) is 0 Å². The molecule has 20 heavy (non-hydrogen) atoms. The Morgan fingerprint density at radius 2 is 2.10 bits per heavy atom. The molecule has 1 aromatic rings. The molecule has 0 aliphatic rings. The van der Waals surface area contributed by atoms with Gasteiger partial charge in [-0.25, -0.2) is 4.79 Å². The van der Waals surface area contributed by atoms with E-state index in [-0.39, 0.29) is 30.6 Å². The van der Waals surface area contributed by atoms with Crippen molar-refractivity contribution in [3.05, 3.63) is 29.3 Å². The zero-order valence-electron chi connectivity index (χ0n) is 10.7. The first-order valence-electron chi connectivity index (χ1n) is 5.80. The second kappa shape index (κ2) is 6.80.